The van der Waals surface area contributed by atoms with Crippen LogP contribution in [0.2, 0.25) is 0 Å². The van der Waals surface area contributed by atoms with Crippen molar-refractivity contribution < 1.29 is 41.9 Å². The smallest absolute Gasteiger partial charge is 0.378 e. The lowest BCUT2D eigenvalue weighted by Gasteiger charge is -2.21. The van der Waals surface area contributed by atoms with Crippen molar-refractivity contribution in [1.82, 2.24) is 9.55 Å². The summed E-state index contributed by atoms with van der Waals surface area (Å²) in [5.41, 5.74) is -1.96. The molecule has 0 aromatic carbocycles. The molecule has 1 aromatic heterocycles. The maximum Gasteiger partial charge on any atom is 0.475 e. The van der Waals surface area contributed by atoms with Gasteiger partial charge in [0.15, 0.2) is 10.2 Å². The third-order valence-electron chi connectivity index (χ3n) is 6.10. The molecular weight excluding hydrogens is 635 g/mol. The molecule has 1 fully saturated rings. The summed E-state index contributed by atoms with van der Waals surface area (Å²) in [5.74, 6) is 0.865. The maximum atomic E-state index is 13.4. The molecule has 2 rings (SSSR count). The number of nitrogens with one attached hydrogen (secondary N) is 1. The standard InChI is InChI=1S/C28H47N2O11PS2/c1-20-18-21(41-23(20)30-9-8-22(31)29-26(30)34)19-40-42(35,38-12-10-36-14-16-43-24(32)27(2,3)4)39-13-11-37-15-17-44-25(33)28(5,6)7/h8-9,20-21,23H,10-19H2,1-7H3,(H,29,31,34)/t20-,21?,23+/m0/s1. The number of ether oxygens (including phenoxy) is 3. The van der Waals surface area contributed by atoms with Crippen molar-refractivity contribution in [2.24, 2.45) is 16.7 Å². The summed E-state index contributed by atoms with van der Waals surface area (Å²) in [6, 6.07) is 1.24. The van der Waals surface area contributed by atoms with Gasteiger partial charge in [-0.2, -0.15) is 0 Å². The fourth-order valence-electron chi connectivity index (χ4n) is 3.72. The number of aromatic nitrogens is 2. The van der Waals surface area contributed by atoms with Crippen molar-refractivity contribution in [2.75, 3.05) is 57.8 Å². The molecule has 3 atom stereocenters. The normalized spacial score (nSPS) is 19.4. The van der Waals surface area contributed by atoms with Gasteiger partial charge in [-0.1, -0.05) is 72.0 Å². The molecule has 0 bridgehead atoms. The van der Waals surface area contributed by atoms with Gasteiger partial charge in [0, 0.05) is 40.5 Å². The Morgan fingerprint density at radius 1 is 0.909 bits per heavy atom. The molecular formula is C28H47N2O11PS2. The van der Waals surface area contributed by atoms with Crippen molar-refractivity contribution in [1.29, 1.82) is 0 Å². The van der Waals surface area contributed by atoms with Crippen molar-refractivity contribution in [3.63, 3.8) is 0 Å². The second-order valence-electron chi connectivity index (χ2n) is 12.3. The number of rotatable bonds is 18. The van der Waals surface area contributed by atoms with Crippen LogP contribution in [0.5, 0.6) is 0 Å². The van der Waals surface area contributed by atoms with E-state index in [2.05, 4.69) is 4.98 Å². The van der Waals surface area contributed by atoms with E-state index in [-0.39, 0.29) is 49.2 Å². The van der Waals surface area contributed by atoms with Crippen LogP contribution in [0.4, 0.5) is 0 Å². The van der Waals surface area contributed by atoms with Crippen LogP contribution in [0.1, 0.15) is 61.1 Å². The van der Waals surface area contributed by atoms with Gasteiger partial charge < -0.3 is 14.2 Å². The zero-order valence-corrected chi connectivity index (χ0v) is 29.2. The quantitative estimate of drug-likeness (QED) is 0.173. The van der Waals surface area contributed by atoms with E-state index in [9.17, 15) is 23.7 Å². The van der Waals surface area contributed by atoms with Gasteiger partial charge in [-0.15, -0.1) is 0 Å². The van der Waals surface area contributed by atoms with Crippen molar-refractivity contribution in [2.45, 2.75) is 67.2 Å². The summed E-state index contributed by atoms with van der Waals surface area (Å²) < 4.78 is 48.4. The Balaban J connectivity index is 1.85. The molecule has 1 saturated heterocycles. The number of aromatic amines is 1. The Bertz CT molecular complexity index is 1180. The van der Waals surface area contributed by atoms with E-state index >= 15 is 0 Å². The number of hydrogen-bond donors (Lipinski definition) is 1. The molecule has 1 aromatic rings. The van der Waals surface area contributed by atoms with Crippen molar-refractivity contribution >= 4 is 41.6 Å². The lowest BCUT2D eigenvalue weighted by atomic mass is 9.99. The number of carbonyl (C=O) groups excluding carboxylic acids is 2. The van der Waals surface area contributed by atoms with Crippen LogP contribution in [0.3, 0.4) is 0 Å². The summed E-state index contributed by atoms with van der Waals surface area (Å²) >= 11 is 2.39. The van der Waals surface area contributed by atoms with Gasteiger partial charge in [0.2, 0.25) is 0 Å². The first-order chi connectivity index (χ1) is 20.5. The average molecular weight is 683 g/mol. The Morgan fingerprint density at radius 3 is 1.91 bits per heavy atom. The number of thioether (sulfide) groups is 2. The molecule has 0 saturated carbocycles. The molecule has 1 unspecified atom stereocenters. The average Bonchev–Trinajstić information content (AvgIpc) is 3.29. The van der Waals surface area contributed by atoms with Gasteiger partial charge in [-0.05, 0) is 6.42 Å². The minimum absolute atomic E-state index is 0.0707. The van der Waals surface area contributed by atoms with Crippen LogP contribution < -0.4 is 11.2 Å². The topological polar surface area (TPSA) is 161 Å². The lowest BCUT2D eigenvalue weighted by molar-refractivity contribution is -0.118. The van der Waals surface area contributed by atoms with E-state index in [0.29, 0.717) is 31.1 Å². The van der Waals surface area contributed by atoms with Crippen LogP contribution in [0.15, 0.2) is 21.9 Å². The first kappa shape index (κ1) is 38.9. The molecule has 0 radical (unpaired) electrons. The van der Waals surface area contributed by atoms with E-state index in [1.807, 2.05) is 48.5 Å². The van der Waals surface area contributed by atoms with Gasteiger partial charge >= 0.3 is 13.5 Å². The summed E-state index contributed by atoms with van der Waals surface area (Å²) in [5, 5.41) is 0.141. The minimum atomic E-state index is -4.06. The fraction of sp³-hybridized carbons (Fsp3) is 0.786. The first-order valence-electron chi connectivity index (χ1n) is 14.5. The second-order valence-corrected chi connectivity index (χ2v) is 16.1. The van der Waals surface area contributed by atoms with Crippen LogP contribution in [0.25, 0.3) is 0 Å². The molecule has 13 nitrogen and oxygen atoms in total. The maximum absolute atomic E-state index is 13.4. The number of carbonyl (C=O) groups is 2. The van der Waals surface area contributed by atoms with Gasteiger partial charge in [0.25, 0.3) is 5.56 Å². The summed E-state index contributed by atoms with van der Waals surface area (Å²) in [6.07, 6.45) is 0.717. The number of phosphoric ester groups is 1. The summed E-state index contributed by atoms with van der Waals surface area (Å²) in [7, 11) is -4.06. The van der Waals surface area contributed by atoms with Crippen molar-refractivity contribution in [3.05, 3.63) is 33.1 Å². The predicted octanol–water partition coefficient (Wildman–Crippen LogP) is 4.26. The molecule has 1 N–H and O–H groups in total. The predicted molar refractivity (Wildman–Crippen MR) is 170 cm³/mol. The Kier molecular flexibility index (Phi) is 16.0. The molecule has 1 aliphatic rings. The Labute approximate surface area is 267 Å². The van der Waals surface area contributed by atoms with Crippen molar-refractivity contribution in [3.8, 4) is 0 Å². The highest BCUT2D eigenvalue weighted by molar-refractivity contribution is 8.14. The molecule has 252 valence electrons. The molecule has 2 heterocycles. The third-order valence-corrected chi connectivity index (χ3v) is 10.1. The minimum Gasteiger partial charge on any atom is -0.378 e. The third kappa shape index (κ3) is 14.0. The van der Waals surface area contributed by atoms with Gasteiger partial charge in [-0.3, -0.25) is 37.5 Å². The highest BCUT2D eigenvalue weighted by Gasteiger charge is 2.37. The van der Waals surface area contributed by atoms with Gasteiger partial charge in [0.1, 0.15) is 6.23 Å². The number of phosphoric acid groups is 1. The Hall–Kier alpha value is -1.29. The van der Waals surface area contributed by atoms with E-state index in [0.717, 1.165) is 0 Å². The monoisotopic (exact) mass is 682 g/mol. The van der Waals surface area contributed by atoms with E-state index in [1.165, 1.54) is 40.4 Å². The first-order valence-corrected chi connectivity index (χ1v) is 18.0. The molecule has 1 aliphatic heterocycles. The van der Waals surface area contributed by atoms with Crippen LogP contribution in [0, 0.1) is 16.7 Å². The van der Waals surface area contributed by atoms with E-state index < -0.39 is 42.2 Å². The van der Waals surface area contributed by atoms with Crippen LogP contribution in [-0.4, -0.2) is 83.6 Å². The van der Waals surface area contributed by atoms with Crippen LogP contribution >= 0.6 is 31.3 Å². The Morgan fingerprint density at radius 2 is 1.43 bits per heavy atom. The molecule has 0 amide bonds. The highest BCUT2D eigenvalue weighted by Crippen LogP contribution is 2.50. The molecule has 0 aliphatic carbocycles. The lowest BCUT2D eigenvalue weighted by Crippen LogP contribution is -2.33. The summed E-state index contributed by atoms with van der Waals surface area (Å²) in [4.78, 5) is 49.9. The van der Waals surface area contributed by atoms with Gasteiger partial charge in [0.05, 0.1) is 52.4 Å². The highest BCUT2D eigenvalue weighted by atomic mass is 32.2. The van der Waals surface area contributed by atoms with Crippen LogP contribution in [-0.2, 0) is 41.9 Å². The largest absolute Gasteiger partial charge is 0.475 e. The molecule has 16 heteroatoms. The SMILES string of the molecule is C[C@H]1CC(COP(=O)(OCCOCCSC(=O)C(C)(C)C)OCCOCCSC(=O)C(C)(C)C)O[C@H]1n1ccc(=O)[nH]c1=O. The fourth-order valence-corrected chi connectivity index (χ4v) is 6.53. The number of H-pyrrole nitrogens is 1. The number of nitrogens with zero attached hydrogens (tertiary/aromatic N) is 1. The zero-order chi connectivity index (χ0) is 33.0. The molecule has 0 spiro atoms. The van der Waals surface area contributed by atoms with E-state index in [1.54, 1.807) is 0 Å². The zero-order valence-electron chi connectivity index (χ0n) is 26.7. The second kappa shape index (κ2) is 18.2. The van der Waals surface area contributed by atoms with Gasteiger partial charge in [-0.25, -0.2) is 9.36 Å². The number of hydrogen-bond acceptors (Lipinski definition) is 13. The molecule has 44 heavy (non-hydrogen) atoms. The summed E-state index contributed by atoms with van der Waals surface area (Å²) in [6.45, 7) is 13.5. The van der Waals surface area contributed by atoms with E-state index in [4.69, 9.17) is 27.8 Å².